The van der Waals surface area contributed by atoms with Crippen molar-refractivity contribution in [1.29, 1.82) is 0 Å². The molecule has 2 heterocycles. The van der Waals surface area contributed by atoms with Gasteiger partial charge in [0.1, 0.15) is 5.82 Å². The van der Waals surface area contributed by atoms with Crippen LogP contribution in [0.25, 0.3) is 11.1 Å². The van der Waals surface area contributed by atoms with Crippen LogP contribution >= 0.6 is 0 Å². The van der Waals surface area contributed by atoms with E-state index in [0.717, 1.165) is 41.7 Å². The van der Waals surface area contributed by atoms with Crippen molar-refractivity contribution >= 4 is 17.0 Å². The van der Waals surface area contributed by atoms with Crippen molar-refractivity contribution in [3.05, 3.63) is 78.4 Å². The summed E-state index contributed by atoms with van der Waals surface area (Å²) in [5, 5.41) is 2.98. The number of allylic oxidation sites excluding steroid dienone is 1. The zero-order valence-corrected chi connectivity index (χ0v) is 14.5. The van der Waals surface area contributed by atoms with Crippen LogP contribution < -0.4 is 5.32 Å². The summed E-state index contributed by atoms with van der Waals surface area (Å²) >= 11 is 0. The minimum Gasteiger partial charge on any atom is -0.353 e. The zero-order valence-electron chi connectivity index (χ0n) is 14.5. The van der Waals surface area contributed by atoms with Gasteiger partial charge in [-0.1, -0.05) is 43.3 Å². The molecule has 0 aliphatic carbocycles. The number of aryl methyl sites for hydroxylation is 1. The lowest BCUT2D eigenvalue weighted by molar-refractivity contribution is -0.116. The predicted octanol–water partition coefficient (Wildman–Crippen LogP) is 3.88. The van der Waals surface area contributed by atoms with Gasteiger partial charge < -0.3 is 9.72 Å². The number of imidazole rings is 1. The first-order valence-corrected chi connectivity index (χ1v) is 8.72. The molecule has 25 heavy (non-hydrogen) atoms. The highest BCUT2D eigenvalue weighted by Crippen LogP contribution is 2.17. The highest BCUT2D eigenvalue weighted by Gasteiger charge is 2.05. The number of carbonyl (C=O) groups excluding carboxylic acids is 1. The lowest BCUT2D eigenvalue weighted by atomic mass is 10.0. The Hall–Kier alpha value is -2.88. The van der Waals surface area contributed by atoms with Gasteiger partial charge in [0.05, 0.1) is 11.7 Å². The van der Waals surface area contributed by atoms with Gasteiger partial charge in [-0.25, -0.2) is 4.98 Å². The van der Waals surface area contributed by atoms with E-state index in [2.05, 4.69) is 21.6 Å². The minimum absolute atomic E-state index is 0.0336. The summed E-state index contributed by atoms with van der Waals surface area (Å²) in [7, 11) is 0. The highest BCUT2D eigenvalue weighted by atomic mass is 16.1. The average Bonchev–Trinajstić information content (AvgIpc) is 3.07. The quantitative estimate of drug-likeness (QED) is 0.527. The van der Waals surface area contributed by atoms with E-state index in [1.54, 1.807) is 6.08 Å². The minimum atomic E-state index is -0.0336. The fourth-order valence-corrected chi connectivity index (χ4v) is 2.89. The molecule has 2 aromatic heterocycles. The molecule has 1 N–H and O–H groups in total. The Morgan fingerprint density at radius 1 is 1.16 bits per heavy atom. The van der Waals surface area contributed by atoms with Gasteiger partial charge in [-0.15, -0.1) is 0 Å². The first-order chi connectivity index (χ1) is 12.3. The third-order valence-electron chi connectivity index (χ3n) is 4.22. The van der Waals surface area contributed by atoms with Crippen molar-refractivity contribution in [1.82, 2.24) is 14.7 Å². The van der Waals surface area contributed by atoms with E-state index in [1.807, 2.05) is 60.9 Å². The van der Waals surface area contributed by atoms with Gasteiger partial charge in [0, 0.05) is 25.2 Å². The van der Waals surface area contributed by atoms with E-state index < -0.39 is 0 Å². The number of amides is 1. The summed E-state index contributed by atoms with van der Waals surface area (Å²) in [6.07, 6.45) is 8.13. The zero-order chi connectivity index (χ0) is 17.5. The maximum absolute atomic E-state index is 12.2. The molecular weight excluding hydrogens is 310 g/mol. The molecule has 0 atom stereocenters. The molecule has 1 amide bonds. The summed E-state index contributed by atoms with van der Waals surface area (Å²) in [5.74, 6) is 0.993. The summed E-state index contributed by atoms with van der Waals surface area (Å²) in [6.45, 7) is 2.71. The largest absolute Gasteiger partial charge is 0.353 e. The Balaban J connectivity index is 1.51. The van der Waals surface area contributed by atoms with E-state index in [0.29, 0.717) is 6.54 Å². The number of aromatic nitrogens is 2. The Kier molecular flexibility index (Phi) is 5.62. The molecule has 4 heteroatoms. The van der Waals surface area contributed by atoms with Gasteiger partial charge in [-0.2, -0.15) is 0 Å². The Morgan fingerprint density at radius 2 is 1.96 bits per heavy atom. The van der Waals surface area contributed by atoms with E-state index in [4.69, 9.17) is 0 Å². The van der Waals surface area contributed by atoms with Crippen LogP contribution in [0.3, 0.4) is 0 Å². The summed E-state index contributed by atoms with van der Waals surface area (Å²) < 4.78 is 2.09. The fraction of sp³-hybridized carbons (Fsp3) is 0.238. The molecule has 1 aromatic carbocycles. The van der Waals surface area contributed by atoms with Crippen LogP contribution in [0.1, 0.15) is 31.2 Å². The molecule has 128 valence electrons. The first kappa shape index (κ1) is 17.0. The Bertz CT molecular complexity index is 865. The van der Waals surface area contributed by atoms with Crippen LogP contribution in [0.5, 0.6) is 0 Å². The lowest BCUT2D eigenvalue weighted by Gasteiger charge is -2.06. The van der Waals surface area contributed by atoms with Gasteiger partial charge in [-0.05, 0) is 36.1 Å². The topological polar surface area (TPSA) is 46.4 Å². The van der Waals surface area contributed by atoms with Crippen LogP contribution in [0.2, 0.25) is 0 Å². The van der Waals surface area contributed by atoms with Crippen molar-refractivity contribution in [3.63, 3.8) is 0 Å². The molecular formula is C21H23N3O. The normalized spacial score (nSPS) is 11.6. The van der Waals surface area contributed by atoms with E-state index in [1.165, 1.54) is 0 Å². The number of carbonyl (C=O) groups is 1. The van der Waals surface area contributed by atoms with Gasteiger partial charge in [0.2, 0.25) is 5.91 Å². The molecule has 4 nitrogen and oxygen atoms in total. The monoisotopic (exact) mass is 333 g/mol. The third kappa shape index (κ3) is 4.35. The van der Waals surface area contributed by atoms with Gasteiger partial charge >= 0.3 is 0 Å². The third-order valence-corrected chi connectivity index (χ3v) is 4.22. The maximum Gasteiger partial charge on any atom is 0.244 e. The second-order valence-electron chi connectivity index (χ2n) is 5.95. The van der Waals surface area contributed by atoms with Crippen molar-refractivity contribution in [2.24, 2.45) is 0 Å². The number of benzene rings is 1. The predicted molar refractivity (Wildman–Crippen MR) is 101 cm³/mol. The summed E-state index contributed by atoms with van der Waals surface area (Å²) in [6, 6.07) is 16.1. The lowest BCUT2D eigenvalue weighted by Crippen LogP contribution is -2.23. The van der Waals surface area contributed by atoms with Crippen molar-refractivity contribution in [3.8, 4) is 0 Å². The number of nitrogens with zero attached hydrogens (tertiary/aromatic N) is 2. The van der Waals surface area contributed by atoms with Crippen molar-refractivity contribution < 1.29 is 4.79 Å². The average molecular weight is 333 g/mol. The highest BCUT2D eigenvalue weighted by molar-refractivity contribution is 5.95. The molecule has 0 saturated heterocycles. The second kappa shape index (κ2) is 8.29. The number of rotatable bonds is 7. The molecule has 3 aromatic rings. The number of nitrogens with one attached hydrogen (secondary N) is 1. The SMILES string of the molecule is CC/C(=C\C(=O)NCCCc1ncc2ccccn12)c1ccccc1. The number of fused-ring (bicyclic) bond motifs is 1. The van der Waals surface area contributed by atoms with Crippen LogP contribution in [-0.2, 0) is 11.2 Å². The van der Waals surface area contributed by atoms with Crippen molar-refractivity contribution in [2.75, 3.05) is 6.54 Å². The first-order valence-electron chi connectivity index (χ1n) is 8.72. The Morgan fingerprint density at radius 3 is 2.76 bits per heavy atom. The molecule has 0 saturated carbocycles. The van der Waals surface area contributed by atoms with Crippen LogP contribution in [0, 0.1) is 0 Å². The molecule has 0 bridgehead atoms. The smallest absolute Gasteiger partial charge is 0.244 e. The van der Waals surface area contributed by atoms with Crippen molar-refractivity contribution in [2.45, 2.75) is 26.2 Å². The van der Waals surface area contributed by atoms with E-state index in [9.17, 15) is 4.79 Å². The molecule has 0 spiro atoms. The summed E-state index contributed by atoms with van der Waals surface area (Å²) in [5.41, 5.74) is 3.25. The molecule has 3 rings (SSSR count). The van der Waals surface area contributed by atoms with Gasteiger partial charge in [0.25, 0.3) is 0 Å². The molecule has 0 fully saturated rings. The summed E-state index contributed by atoms with van der Waals surface area (Å²) in [4.78, 5) is 16.6. The van der Waals surface area contributed by atoms with Crippen LogP contribution in [0.4, 0.5) is 0 Å². The number of hydrogen-bond donors (Lipinski definition) is 1. The van der Waals surface area contributed by atoms with E-state index in [-0.39, 0.29) is 5.91 Å². The number of pyridine rings is 1. The van der Waals surface area contributed by atoms with Gasteiger partial charge in [-0.3, -0.25) is 4.79 Å². The standard InChI is InChI=1S/C21H23N3O/c1-2-17(18-9-4-3-5-10-18)15-21(25)22-13-8-12-20-23-16-19-11-6-7-14-24(19)20/h3-7,9-11,14-16H,2,8,12-13H2,1H3,(H,22,25)/b17-15+. The number of hydrogen-bond acceptors (Lipinski definition) is 2. The molecule has 0 unspecified atom stereocenters. The second-order valence-corrected chi connectivity index (χ2v) is 5.95. The van der Waals surface area contributed by atoms with Crippen LogP contribution in [-0.4, -0.2) is 21.8 Å². The molecule has 0 radical (unpaired) electrons. The maximum atomic E-state index is 12.2. The molecule has 0 aliphatic heterocycles. The van der Waals surface area contributed by atoms with Crippen LogP contribution in [0.15, 0.2) is 67.0 Å². The van der Waals surface area contributed by atoms with Gasteiger partial charge in [0.15, 0.2) is 0 Å². The fourth-order valence-electron chi connectivity index (χ4n) is 2.89. The van der Waals surface area contributed by atoms with E-state index >= 15 is 0 Å². The molecule has 0 aliphatic rings. The Labute approximate surface area is 148 Å².